The summed E-state index contributed by atoms with van der Waals surface area (Å²) in [6, 6.07) is 12.0. The Morgan fingerprint density at radius 2 is 1.96 bits per heavy atom. The van der Waals surface area contributed by atoms with Gasteiger partial charge in [-0.15, -0.1) is 0 Å². The molecule has 1 aliphatic heterocycles. The monoisotopic (exact) mass is 376 g/mol. The first-order chi connectivity index (χ1) is 12.6. The van der Waals surface area contributed by atoms with E-state index in [1.54, 1.807) is 24.3 Å². The molecule has 0 aliphatic carbocycles. The van der Waals surface area contributed by atoms with Crippen LogP contribution in [0.4, 0.5) is 5.69 Å². The summed E-state index contributed by atoms with van der Waals surface area (Å²) < 4.78 is 16.4. The Balaban J connectivity index is 1.54. The molecule has 0 bridgehead atoms. The number of fused-ring (bicyclic) bond motifs is 1. The van der Waals surface area contributed by atoms with Crippen LogP contribution in [0.2, 0.25) is 5.02 Å². The maximum atomic E-state index is 12.1. The molecule has 2 aromatic carbocycles. The summed E-state index contributed by atoms with van der Waals surface area (Å²) in [4.78, 5) is 24.1. The third-order valence-electron chi connectivity index (χ3n) is 3.67. The van der Waals surface area contributed by atoms with Gasteiger partial charge in [-0.1, -0.05) is 23.7 Å². The van der Waals surface area contributed by atoms with Gasteiger partial charge in [0, 0.05) is 5.02 Å². The van der Waals surface area contributed by atoms with Crippen molar-refractivity contribution in [3.63, 3.8) is 0 Å². The first-order valence-corrected chi connectivity index (χ1v) is 8.26. The molecule has 1 heterocycles. The number of hydrogen-bond donors (Lipinski definition) is 2. The lowest BCUT2D eigenvalue weighted by atomic mass is 10.2. The highest BCUT2D eigenvalue weighted by molar-refractivity contribution is 6.40. The molecule has 2 amide bonds. The van der Waals surface area contributed by atoms with E-state index >= 15 is 0 Å². The molecular formula is C18H17ClN2O5. The van der Waals surface area contributed by atoms with Gasteiger partial charge in [-0.2, -0.15) is 0 Å². The second-order valence-electron chi connectivity index (χ2n) is 5.51. The largest absolute Gasteiger partial charge is 0.495 e. The van der Waals surface area contributed by atoms with E-state index in [1.807, 2.05) is 12.1 Å². The Morgan fingerprint density at radius 1 is 1.19 bits per heavy atom. The van der Waals surface area contributed by atoms with Crippen LogP contribution in [0.15, 0.2) is 42.5 Å². The van der Waals surface area contributed by atoms with E-state index in [9.17, 15) is 9.59 Å². The summed E-state index contributed by atoms with van der Waals surface area (Å²) >= 11 is 5.90. The number of nitrogens with one attached hydrogen (secondary N) is 2. The summed E-state index contributed by atoms with van der Waals surface area (Å²) in [5, 5.41) is 5.41. The Labute approximate surface area is 155 Å². The van der Waals surface area contributed by atoms with Gasteiger partial charge in [-0.25, -0.2) is 0 Å². The van der Waals surface area contributed by atoms with E-state index in [1.165, 1.54) is 13.2 Å². The highest BCUT2D eigenvalue weighted by Crippen LogP contribution is 2.30. The highest BCUT2D eigenvalue weighted by atomic mass is 35.5. The molecule has 0 saturated heterocycles. The third-order valence-corrected chi connectivity index (χ3v) is 3.91. The average Bonchev–Trinajstić information content (AvgIpc) is 2.66. The molecule has 0 saturated carbocycles. The predicted octanol–water partition coefficient (Wildman–Crippen LogP) is 2.24. The highest BCUT2D eigenvalue weighted by Gasteiger charge is 2.23. The minimum Gasteiger partial charge on any atom is -0.495 e. The maximum Gasteiger partial charge on any atom is 0.313 e. The summed E-state index contributed by atoms with van der Waals surface area (Å²) in [6.45, 7) is 0.411. The van der Waals surface area contributed by atoms with Crippen LogP contribution in [-0.2, 0) is 9.59 Å². The van der Waals surface area contributed by atoms with E-state index in [-0.39, 0.29) is 19.3 Å². The van der Waals surface area contributed by atoms with Crippen LogP contribution in [0.1, 0.15) is 0 Å². The molecule has 0 fully saturated rings. The fourth-order valence-electron chi connectivity index (χ4n) is 2.41. The van der Waals surface area contributed by atoms with Crippen LogP contribution in [0.3, 0.4) is 0 Å². The van der Waals surface area contributed by atoms with Crippen LogP contribution < -0.4 is 24.8 Å². The van der Waals surface area contributed by atoms with Gasteiger partial charge in [0.05, 0.1) is 19.3 Å². The summed E-state index contributed by atoms with van der Waals surface area (Å²) in [6.07, 6.45) is -0.387. The van der Waals surface area contributed by atoms with Gasteiger partial charge in [0.15, 0.2) is 11.5 Å². The Morgan fingerprint density at radius 3 is 2.73 bits per heavy atom. The Kier molecular flexibility index (Phi) is 5.48. The molecule has 136 valence electrons. The second-order valence-corrected chi connectivity index (χ2v) is 5.94. The smallest absolute Gasteiger partial charge is 0.313 e. The number of amides is 2. The molecule has 0 spiro atoms. The molecule has 0 radical (unpaired) electrons. The van der Waals surface area contributed by atoms with Crippen LogP contribution in [0.25, 0.3) is 0 Å². The van der Waals surface area contributed by atoms with Crippen molar-refractivity contribution < 1.29 is 23.8 Å². The van der Waals surface area contributed by atoms with E-state index in [0.29, 0.717) is 28.0 Å². The number of para-hydroxylation sites is 2. The Bertz CT molecular complexity index is 827. The summed E-state index contributed by atoms with van der Waals surface area (Å²) in [5.74, 6) is 0.0281. The van der Waals surface area contributed by atoms with Crippen molar-refractivity contribution in [3.05, 3.63) is 47.5 Å². The number of rotatable bonds is 4. The Hall–Kier alpha value is -2.93. The van der Waals surface area contributed by atoms with Crippen molar-refractivity contribution in [1.82, 2.24) is 5.32 Å². The van der Waals surface area contributed by atoms with Crippen LogP contribution in [-0.4, -0.2) is 38.2 Å². The molecule has 7 nitrogen and oxygen atoms in total. The number of anilines is 1. The quantitative estimate of drug-likeness (QED) is 0.799. The first kappa shape index (κ1) is 17.9. The molecule has 0 aromatic heterocycles. The SMILES string of the molecule is COc1ccc(Cl)cc1NC(=O)C(=O)NCC1COc2ccccc2O1. The van der Waals surface area contributed by atoms with Gasteiger partial charge >= 0.3 is 11.8 Å². The van der Waals surface area contributed by atoms with E-state index in [0.717, 1.165) is 0 Å². The zero-order chi connectivity index (χ0) is 18.5. The molecule has 1 atom stereocenters. The van der Waals surface area contributed by atoms with Crippen LogP contribution in [0, 0.1) is 0 Å². The fourth-order valence-corrected chi connectivity index (χ4v) is 2.58. The van der Waals surface area contributed by atoms with Gasteiger partial charge in [0.1, 0.15) is 18.5 Å². The minimum atomic E-state index is -0.831. The number of carbonyl (C=O) groups is 2. The van der Waals surface area contributed by atoms with E-state index < -0.39 is 11.8 Å². The van der Waals surface area contributed by atoms with Gasteiger partial charge in [-0.3, -0.25) is 9.59 Å². The zero-order valence-electron chi connectivity index (χ0n) is 14.0. The molecule has 2 aromatic rings. The summed E-state index contributed by atoms with van der Waals surface area (Å²) in [7, 11) is 1.46. The lowest BCUT2D eigenvalue weighted by Crippen LogP contribution is -2.44. The number of halogens is 1. The van der Waals surface area contributed by atoms with E-state index in [4.69, 9.17) is 25.8 Å². The molecule has 2 N–H and O–H groups in total. The topological polar surface area (TPSA) is 85.9 Å². The predicted molar refractivity (Wildman–Crippen MR) is 96.0 cm³/mol. The zero-order valence-corrected chi connectivity index (χ0v) is 14.7. The number of hydrogen-bond acceptors (Lipinski definition) is 5. The molecule has 1 unspecified atom stereocenters. The third kappa shape index (κ3) is 4.18. The molecule has 26 heavy (non-hydrogen) atoms. The van der Waals surface area contributed by atoms with Crippen LogP contribution >= 0.6 is 11.6 Å². The van der Waals surface area contributed by atoms with Gasteiger partial charge in [-0.05, 0) is 30.3 Å². The second kappa shape index (κ2) is 7.97. The molecule has 1 aliphatic rings. The molecule has 3 rings (SSSR count). The number of benzene rings is 2. The molecular weight excluding hydrogens is 360 g/mol. The van der Waals surface area contributed by atoms with Crippen molar-refractivity contribution in [2.45, 2.75) is 6.10 Å². The number of ether oxygens (including phenoxy) is 3. The lowest BCUT2D eigenvalue weighted by molar-refractivity contribution is -0.136. The van der Waals surface area contributed by atoms with Gasteiger partial charge < -0.3 is 24.8 Å². The lowest BCUT2D eigenvalue weighted by Gasteiger charge is -2.26. The van der Waals surface area contributed by atoms with Crippen molar-refractivity contribution in [3.8, 4) is 17.2 Å². The van der Waals surface area contributed by atoms with E-state index in [2.05, 4.69) is 10.6 Å². The van der Waals surface area contributed by atoms with Crippen LogP contribution in [0.5, 0.6) is 17.2 Å². The van der Waals surface area contributed by atoms with Gasteiger partial charge in [0.25, 0.3) is 0 Å². The summed E-state index contributed by atoms with van der Waals surface area (Å²) in [5.41, 5.74) is 0.311. The normalized spacial score (nSPS) is 15.1. The van der Waals surface area contributed by atoms with Crippen molar-refractivity contribution in [2.75, 3.05) is 25.6 Å². The van der Waals surface area contributed by atoms with Crippen molar-refractivity contribution in [1.29, 1.82) is 0 Å². The standard InChI is InChI=1S/C18H17ClN2O5/c1-24-14-7-6-11(19)8-13(14)21-18(23)17(22)20-9-12-10-25-15-4-2-3-5-16(15)26-12/h2-8,12H,9-10H2,1H3,(H,20,22)(H,21,23). The maximum absolute atomic E-state index is 12.1. The van der Waals surface area contributed by atoms with Crippen molar-refractivity contribution in [2.24, 2.45) is 0 Å². The minimum absolute atomic E-state index is 0.132. The molecule has 8 heteroatoms. The number of carbonyl (C=O) groups excluding carboxylic acids is 2. The van der Waals surface area contributed by atoms with Crippen molar-refractivity contribution >= 4 is 29.1 Å². The number of methoxy groups -OCH3 is 1. The first-order valence-electron chi connectivity index (χ1n) is 7.88. The van der Waals surface area contributed by atoms with Gasteiger partial charge in [0.2, 0.25) is 0 Å². The fraction of sp³-hybridized carbons (Fsp3) is 0.222. The average molecular weight is 377 g/mol.